The molecule has 3 rings (SSSR count). The molecule has 0 unspecified atom stereocenters. The van der Waals surface area contributed by atoms with E-state index in [-0.39, 0.29) is 12.3 Å². The molecular weight excluding hydrogens is 268 g/mol. The first-order valence-electron chi connectivity index (χ1n) is 6.97. The number of hydrogen-bond acceptors (Lipinski definition) is 3. The second kappa shape index (κ2) is 5.16. The van der Waals surface area contributed by atoms with Crippen molar-refractivity contribution in [3.8, 4) is 0 Å². The maximum Gasteiger partial charge on any atom is 0.316 e. The van der Waals surface area contributed by atoms with Gasteiger partial charge >= 0.3 is 11.1 Å². The number of fused-ring (bicyclic) bond motifs is 1. The van der Waals surface area contributed by atoms with Crippen LogP contribution in [0.25, 0.3) is 0 Å². The van der Waals surface area contributed by atoms with Crippen LogP contribution in [0.1, 0.15) is 27.9 Å². The Labute approximate surface area is 121 Å². The fraction of sp³-hybridized carbons (Fsp3) is 0.312. The molecule has 0 spiro atoms. The fourth-order valence-electron chi connectivity index (χ4n) is 2.71. The molecule has 0 saturated carbocycles. The van der Waals surface area contributed by atoms with Crippen LogP contribution in [0.5, 0.6) is 0 Å². The first-order chi connectivity index (χ1) is 10.1. The Balaban J connectivity index is 1.89. The summed E-state index contributed by atoms with van der Waals surface area (Å²) in [5.74, 6) is -0.153. The minimum atomic E-state index is -0.672. The second-order valence-corrected chi connectivity index (χ2v) is 5.41. The van der Waals surface area contributed by atoms with Crippen LogP contribution in [0.2, 0.25) is 0 Å². The van der Waals surface area contributed by atoms with Crippen molar-refractivity contribution in [3.63, 3.8) is 0 Å². The molecule has 1 heterocycles. The van der Waals surface area contributed by atoms with Crippen molar-refractivity contribution in [2.45, 2.75) is 25.8 Å². The van der Waals surface area contributed by atoms with Crippen molar-refractivity contribution in [1.82, 2.24) is 9.13 Å². The zero-order valence-electron chi connectivity index (χ0n) is 11.8. The van der Waals surface area contributed by atoms with Crippen LogP contribution in [-0.2, 0) is 26.4 Å². The van der Waals surface area contributed by atoms with Gasteiger partial charge in [-0.1, -0.05) is 12.1 Å². The molecule has 5 nitrogen and oxygen atoms in total. The molecule has 2 aromatic rings. The van der Waals surface area contributed by atoms with Gasteiger partial charge in [0.05, 0.1) is 6.54 Å². The second-order valence-electron chi connectivity index (χ2n) is 5.41. The monoisotopic (exact) mass is 284 g/mol. The first kappa shape index (κ1) is 13.5. The zero-order chi connectivity index (χ0) is 15.0. The molecule has 0 amide bonds. The van der Waals surface area contributed by atoms with Gasteiger partial charge in [0.15, 0.2) is 5.78 Å². The van der Waals surface area contributed by atoms with Gasteiger partial charge in [0.1, 0.15) is 0 Å². The van der Waals surface area contributed by atoms with Crippen LogP contribution in [-0.4, -0.2) is 14.9 Å². The van der Waals surface area contributed by atoms with Crippen molar-refractivity contribution < 1.29 is 4.79 Å². The summed E-state index contributed by atoms with van der Waals surface area (Å²) in [6, 6.07) is 5.71. The molecular formula is C16H16N2O3. The Hall–Kier alpha value is -2.43. The molecule has 1 aromatic carbocycles. The minimum absolute atomic E-state index is 0.103. The van der Waals surface area contributed by atoms with Gasteiger partial charge < -0.3 is 9.13 Å². The maximum atomic E-state index is 12.3. The number of aromatic nitrogens is 2. The Morgan fingerprint density at radius 3 is 2.67 bits per heavy atom. The lowest BCUT2D eigenvalue weighted by atomic mass is 10.0. The Kier molecular flexibility index (Phi) is 3.33. The van der Waals surface area contributed by atoms with E-state index in [1.165, 1.54) is 35.1 Å². The molecule has 21 heavy (non-hydrogen) atoms. The van der Waals surface area contributed by atoms with Gasteiger partial charge in [-0.25, -0.2) is 0 Å². The molecule has 0 N–H and O–H groups in total. The van der Waals surface area contributed by atoms with Gasteiger partial charge in [0.25, 0.3) is 0 Å². The number of ketones is 1. The predicted octanol–water partition coefficient (Wildman–Crippen LogP) is 0.919. The molecule has 0 bridgehead atoms. The summed E-state index contributed by atoms with van der Waals surface area (Å²) in [7, 11) is 1.51. The highest BCUT2D eigenvalue weighted by molar-refractivity contribution is 5.96. The highest BCUT2D eigenvalue weighted by atomic mass is 16.2. The van der Waals surface area contributed by atoms with Crippen LogP contribution < -0.4 is 11.1 Å². The fourth-order valence-corrected chi connectivity index (χ4v) is 2.71. The van der Waals surface area contributed by atoms with Gasteiger partial charge in [-0.2, -0.15) is 0 Å². The van der Waals surface area contributed by atoms with Gasteiger partial charge in [0, 0.05) is 25.0 Å². The first-order valence-corrected chi connectivity index (χ1v) is 6.97. The van der Waals surface area contributed by atoms with E-state index in [1.807, 2.05) is 12.1 Å². The van der Waals surface area contributed by atoms with Crippen LogP contribution in [0.4, 0.5) is 0 Å². The Morgan fingerprint density at radius 2 is 1.86 bits per heavy atom. The smallest absolute Gasteiger partial charge is 0.312 e. The van der Waals surface area contributed by atoms with Crippen molar-refractivity contribution in [1.29, 1.82) is 0 Å². The number of carbonyl (C=O) groups is 1. The molecule has 0 saturated heterocycles. The standard InChI is InChI=1S/C16H16N2O3/c1-17-7-8-18(16(21)15(17)20)10-14(19)13-6-5-11-3-2-4-12(11)9-13/h5-9H,2-4,10H2,1H3. The summed E-state index contributed by atoms with van der Waals surface area (Å²) in [6.07, 6.45) is 6.15. The number of nitrogens with zero attached hydrogens (tertiary/aromatic N) is 2. The predicted molar refractivity (Wildman–Crippen MR) is 78.7 cm³/mol. The van der Waals surface area contributed by atoms with Gasteiger partial charge in [-0.15, -0.1) is 0 Å². The van der Waals surface area contributed by atoms with Crippen molar-refractivity contribution >= 4 is 5.78 Å². The summed E-state index contributed by atoms with van der Waals surface area (Å²) in [6.45, 7) is -0.103. The molecule has 1 aliphatic carbocycles. The third kappa shape index (κ3) is 2.46. The average molecular weight is 284 g/mol. The van der Waals surface area contributed by atoms with Gasteiger partial charge in [-0.05, 0) is 36.5 Å². The number of benzene rings is 1. The molecule has 0 atom stereocenters. The third-order valence-corrected chi connectivity index (χ3v) is 3.97. The van der Waals surface area contributed by atoms with E-state index < -0.39 is 11.1 Å². The largest absolute Gasteiger partial charge is 0.316 e. The normalized spacial score (nSPS) is 13.2. The lowest BCUT2D eigenvalue weighted by Gasteiger charge is -2.07. The quantitative estimate of drug-likeness (QED) is 0.622. The Morgan fingerprint density at radius 1 is 1.10 bits per heavy atom. The lowest BCUT2D eigenvalue weighted by Crippen LogP contribution is -2.40. The van der Waals surface area contributed by atoms with Crippen molar-refractivity contribution in [2.24, 2.45) is 7.05 Å². The Bertz CT molecular complexity index is 830. The number of Topliss-reactive ketones (excluding diaryl/α,β-unsaturated/α-hetero) is 1. The maximum absolute atomic E-state index is 12.3. The minimum Gasteiger partial charge on any atom is -0.312 e. The van der Waals surface area contributed by atoms with E-state index in [9.17, 15) is 14.4 Å². The number of aryl methyl sites for hydroxylation is 3. The summed E-state index contributed by atoms with van der Waals surface area (Å²) in [5, 5.41) is 0. The summed E-state index contributed by atoms with van der Waals surface area (Å²) in [4.78, 5) is 35.7. The molecule has 5 heteroatoms. The summed E-state index contributed by atoms with van der Waals surface area (Å²) < 4.78 is 2.37. The topological polar surface area (TPSA) is 61.1 Å². The van der Waals surface area contributed by atoms with E-state index in [0.29, 0.717) is 5.56 Å². The summed E-state index contributed by atoms with van der Waals surface area (Å²) >= 11 is 0. The highest BCUT2D eigenvalue weighted by Gasteiger charge is 2.15. The van der Waals surface area contributed by atoms with E-state index in [0.717, 1.165) is 23.8 Å². The van der Waals surface area contributed by atoms with E-state index >= 15 is 0 Å². The van der Waals surface area contributed by atoms with Crippen LogP contribution in [0.3, 0.4) is 0 Å². The van der Waals surface area contributed by atoms with E-state index in [2.05, 4.69) is 0 Å². The molecule has 1 aromatic heterocycles. The molecule has 108 valence electrons. The zero-order valence-corrected chi connectivity index (χ0v) is 11.8. The highest BCUT2D eigenvalue weighted by Crippen LogP contribution is 2.23. The van der Waals surface area contributed by atoms with Crippen LogP contribution in [0, 0.1) is 0 Å². The van der Waals surface area contributed by atoms with Gasteiger partial charge in [-0.3, -0.25) is 14.4 Å². The van der Waals surface area contributed by atoms with Crippen molar-refractivity contribution in [3.05, 3.63) is 68.0 Å². The summed E-state index contributed by atoms with van der Waals surface area (Å²) in [5.41, 5.74) is 1.83. The number of rotatable bonds is 3. The third-order valence-electron chi connectivity index (χ3n) is 3.97. The molecule has 0 aliphatic heterocycles. The lowest BCUT2D eigenvalue weighted by molar-refractivity contribution is 0.0970. The average Bonchev–Trinajstić information content (AvgIpc) is 2.95. The molecule has 1 aliphatic rings. The number of carbonyl (C=O) groups excluding carboxylic acids is 1. The van der Waals surface area contributed by atoms with Crippen LogP contribution >= 0.6 is 0 Å². The van der Waals surface area contributed by atoms with E-state index in [1.54, 1.807) is 6.07 Å². The SMILES string of the molecule is Cn1ccn(CC(=O)c2ccc3c(c2)CCC3)c(=O)c1=O. The number of hydrogen-bond donors (Lipinski definition) is 0. The molecule has 0 radical (unpaired) electrons. The van der Waals surface area contributed by atoms with E-state index in [4.69, 9.17) is 0 Å². The van der Waals surface area contributed by atoms with Gasteiger partial charge in [0.2, 0.25) is 0 Å². The van der Waals surface area contributed by atoms with Crippen LogP contribution in [0.15, 0.2) is 40.2 Å². The van der Waals surface area contributed by atoms with Crippen molar-refractivity contribution in [2.75, 3.05) is 0 Å². The molecule has 0 fully saturated rings.